The molecule has 0 amide bonds. The fourth-order valence-corrected chi connectivity index (χ4v) is 4.95. The molecule has 216 valence electrons. The zero-order valence-electron chi connectivity index (χ0n) is 22.4. The molecule has 3 aromatic rings. The fourth-order valence-electron chi connectivity index (χ4n) is 4.95. The molecule has 1 saturated heterocycles. The minimum Gasteiger partial charge on any atom is -0.480 e. The number of hydrogen-bond acceptors (Lipinski definition) is 7. The number of alkyl halides is 3. The van der Waals surface area contributed by atoms with E-state index in [1.165, 1.54) is 43.5 Å². The minimum atomic E-state index is -4.82. The Hall–Kier alpha value is -4.71. The first-order chi connectivity index (χ1) is 20.3. The van der Waals surface area contributed by atoms with Crippen LogP contribution in [0.25, 0.3) is 28.1 Å². The summed E-state index contributed by atoms with van der Waals surface area (Å²) in [7, 11) is 1.53. The molecule has 6 rings (SSSR count). The highest BCUT2D eigenvalue weighted by Gasteiger charge is 2.31. The Bertz CT molecular complexity index is 1770. The third kappa shape index (κ3) is 5.84. The molecule has 1 aliphatic carbocycles. The van der Waals surface area contributed by atoms with Gasteiger partial charge in [-0.1, -0.05) is 0 Å². The summed E-state index contributed by atoms with van der Waals surface area (Å²) in [5.74, 6) is -0.455. The zero-order chi connectivity index (χ0) is 29.3. The van der Waals surface area contributed by atoms with Crippen molar-refractivity contribution in [2.75, 3.05) is 25.6 Å². The van der Waals surface area contributed by atoms with Crippen LogP contribution in [0.1, 0.15) is 12.8 Å². The highest BCUT2D eigenvalue weighted by molar-refractivity contribution is 5.84. The second kappa shape index (κ2) is 11.3. The Balaban J connectivity index is 1.58. The lowest BCUT2D eigenvalue weighted by Gasteiger charge is -2.22. The van der Waals surface area contributed by atoms with Gasteiger partial charge in [0.05, 0.1) is 46.6 Å². The second-order valence-electron chi connectivity index (χ2n) is 9.64. The van der Waals surface area contributed by atoms with Crippen LogP contribution >= 0.6 is 0 Å². The number of anilines is 2. The summed E-state index contributed by atoms with van der Waals surface area (Å²) in [5, 5.41) is 3.99. The van der Waals surface area contributed by atoms with Gasteiger partial charge in [0, 0.05) is 31.2 Å². The second-order valence-corrected chi connectivity index (χ2v) is 9.64. The highest BCUT2D eigenvalue weighted by atomic mass is 19.4. The number of nitrogens with one attached hydrogen (secondary N) is 1. The summed E-state index contributed by atoms with van der Waals surface area (Å²) < 4.78 is 69.6. The van der Waals surface area contributed by atoms with E-state index in [4.69, 9.17) is 19.5 Å². The largest absolute Gasteiger partial charge is 0.573 e. The molecule has 8 nitrogen and oxygen atoms in total. The van der Waals surface area contributed by atoms with Gasteiger partial charge < -0.3 is 24.1 Å². The smallest absolute Gasteiger partial charge is 0.480 e. The van der Waals surface area contributed by atoms with Crippen LogP contribution in [0.3, 0.4) is 0 Å². The van der Waals surface area contributed by atoms with Gasteiger partial charge in [0.15, 0.2) is 0 Å². The summed E-state index contributed by atoms with van der Waals surface area (Å²) in [6.07, 6.45) is -1.71. The van der Waals surface area contributed by atoms with Crippen molar-refractivity contribution in [3.63, 3.8) is 0 Å². The molecule has 2 aliphatic heterocycles. The van der Waals surface area contributed by atoms with Crippen LogP contribution in [-0.4, -0.2) is 47.3 Å². The first-order valence-corrected chi connectivity index (χ1v) is 13.2. The predicted octanol–water partition coefficient (Wildman–Crippen LogP) is 6.39. The van der Waals surface area contributed by atoms with Crippen molar-refractivity contribution in [2.24, 2.45) is 4.99 Å². The Kier molecular flexibility index (Phi) is 7.38. The first-order valence-electron chi connectivity index (χ1n) is 13.2. The molecule has 0 spiro atoms. The molecule has 42 heavy (non-hydrogen) atoms. The number of aromatic nitrogens is 3. The molecule has 3 aliphatic rings. The van der Waals surface area contributed by atoms with E-state index < -0.39 is 12.2 Å². The number of pyridine rings is 1. The lowest BCUT2D eigenvalue weighted by atomic mass is 10.1. The van der Waals surface area contributed by atoms with Crippen LogP contribution in [0.2, 0.25) is 0 Å². The quantitative estimate of drug-likeness (QED) is 0.185. The number of fused-ring (bicyclic) bond motifs is 2. The average Bonchev–Trinajstić information content (AvgIpc) is 2.97. The van der Waals surface area contributed by atoms with Crippen molar-refractivity contribution in [2.45, 2.75) is 25.2 Å². The maximum Gasteiger partial charge on any atom is 0.573 e. The highest BCUT2D eigenvalue weighted by Crippen LogP contribution is 2.33. The maximum atomic E-state index is 14.5. The third-order valence-corrected chi connectivity index (χ3v) is 6.83. The van der Waals surface area contributed by atoms with Crippen LogP contribution in [0.4, 0.5) is 28.9 Å². The van der Waals surface area contributed by atoms with Crippen LogP contribution in [0.15, 0.2) is 77.9 Å². The topological polar surface area (TPSA) is 82.8 Å². The van der Waals surface area contributed by atoms with Gasteiger partial charge in [-0.15, -0.1) is 13.2 Å². The van der Waals surface area contributed by atoms with Crippen molar-refractivity contribution in [3.05, 3.63) is 84.1 Å². The van der Waals surface area contributed by atoms with E-state index in [-0.39, 0.29) is 11.8 Å². The summed E-state index contributed by atoms with van der Waals surface area (Å²) >= 11 is 0. The summed E-state index contributed by atoms with van der Waals surface area (Å²) in [4.78, 5) is 14.1. The Morgan fingerprint density at radius 1 is 1.00 bits per heavy atom. The van der Waals surface area contributed by atoms with Gasteiger partial charge in [-0.05, 0) is 73.5 Å². The van der Waals surface area contributed by atoms with Crippen molar-refractivity contribution < 1.29 is 31.8 Å². The fraction of sp³-hybridized carbons (Fsp3) is 0.233. The van der Waals surface area contributed by atoms with Gasteiger partial charge in [0.1, 0.15) is 17.3 Å². The van der Waals surface area contributed by atoms with E-state index in [2.05, 4.69) is 15.0 Å². The Morgan fingerprint density at radius 2 is 1.79 bits per heavy atom. The molecular weight excluding hydrogens is 554 g/mol. The number of hydrogen-bond donors (Lipinski definition) is 1. The van der Waals surface area contributed by atoms with Crippen molar-refractivity contribution >= 4 is 22.4 Å². The van der Waals surface area contributed by atoms with Gasteiger partial charge in [-0.25, -0.2) is 14.4 Å². The van der Waals surface area contributed by atoms with Gasteiger partial charge in [-0.2, -0.15) is 0 Å². The molecule has 1 N–H and O–H groups in total. The minimum absolute atomic E-state index is 0.00524. The third-order valence-electron chi connectivity index (χ3n) is 6.83. The van der Waals surface area contributed by atoms with E-state index >= 15 is 0 Å². The van der Waals surface area contributed by atoms with E-state index in [0.717, 1.165) is 12.8 Å². The Labute approximate surface area is 237 Å². The number of methoxy groups -OCH3 is 1. The monoisotopic (exact) mass is 579 g/mol. The number of halogens is 4. The molecule has 12 heteroatoms. The first kappa shape index (κ1) is 27.5. The summed E-state index contributed by atoms with van der Waals surface area (Å²) in [6.45, 7) is 1.19. The van der Waals surface area contributed by atoms with Crippen LogP contribution in [0, 0.1) is 5.82 Å². The van der Waals surface area contributed by atoms with Crippen LogP contribution in [-0.2, 0) is 4.74 Å². The Morgan fingerprint density at radius 3 is 2.52 bits per heavy atom. The predicted molar refractivity (Wildman–Crippen MR) is 148 cm³/mol. The van der Waals surface area contributed by atoms with E-state index in [1.807, 2.05) is 18.2 Å². The van der Waals surface area contributed by atoms with Crippen LogP contribution in [0.5, 0.6) is 11.6 Å². The molecule has 0 atom stereocenters. The van der Waals surface area contributed by atoms with Crippen molar-refractivity contribution in [1.29, 1.82) is 0 Å². The SMILES string of the molecule is COc1ncccc1Nc1cc2nc3ccc(F)cc3n(-c3ccc(OC(F)(F)F)cc3)c-2c/c1=N\C1CCOCC1. The number of nitrogens with zero attached hydrogens (tertiary/aromatic N) is 4. The molecule has 1 aromatic heterocycles. The summed E-state index contributed by atoms with van der Waals surface area (Å²) in [5.41, 5.74) is 3.79. The maximum absolute atomic E-state index is 14.5. The standard InChI is InChI=1S/C30H25F4N5O3/c1-40-29-23(3-2-12-35-29)38-24-16-26-28(17-25(24)36-19-10-13-41-14-11-19)39(27-15-18(31)4-9-22(27)37-26)20-5-7-21(8-6-20)42-30(32,33)34/h2-9,12,15-17,19,38H,10-11,13-14H2,1H3/b36-25+. The molecule has 3 heterocycles. The zero-order valence-corrected chi connectivity index (χ0v) is 22.4. The molecule has 0 bridgehead atoms. The van der Waals surface area contributed by atoms with E-state index in [9.17, 15) is 17.6 Å². The molecule has 0 saturated carbocycles. The molecule has 0 unspecified atom stereocenters. The van der Waals surface area contributed by atoms with Crippen molar-refractivity contribution in [1.82, 2.24) is 14.5 Å². The van der Waals surface area contributed by atoms with Crippen molar-refractivity contribution in [3.8, 4) is 28.7 Å². The average molecular weight is 580 g/mol. The van der Waals surface area contributed by atoms with Gasteiger partial charge in [0.2, 0.25) is 5.88 Å². The van der Waals surface area contributed by atoms with Gasteiger partial charge in [-0.3, -0.25) is 4.99 Å². The lowest BCUT2D eigenvalue weighted by Crippen LogP contribution is -2.23. The van der Waals surface area contributed by atoms with Gasteiger partial charge in [0.25, 0.3) is 0 Å². The van der Waals surface area contributed by atoms with Gasteiger partial charge >= 0.3 is 6.36 Å². The number of rotatable bonds is 6. The molecule has 2 aromatic carbocycles. The lowest BCUT2D eigenvalue weighted by molar-refractivity contribution is -0.274. The molecular formula is C30H25F4N5O3. The number of benzene rings is 3. The molecule has 0 radical (unpaired) electrons. The van der Waals surface area contributed by atoms with E-state index in [0.29, 0.717) is 63.9 Å². The normalized spacial score (nSPS) is 14.8. The molecule has 1 fully saturated rings. The number of ether oxygens (including phenoxy) is 3. The summed E-state index contributed by atoms with van der Waals surface area (Å²) in [6, 6.07) is 16.9. The van der Waals surface area contributed by atoms with E-state index in [1.54, 1.807) is 22.9 Å². The van der Waals surface area contributed by atoms with Crippen LogP contribution < -0.4 is 20.1 Å².